The van der Waals surface area contributed by atoms with Crippen molar-refractivity contribution in [3.8, 4) is 5.75 Å². The fourth-order valence-corrected chi connectivity index (χ4v) is 7.19. The van der Waals surface area contributed by atoms with Crippen molar-refractivity contribution in [1.82, 2.24) is 9.21 Å². The van der Waals surface area contributed by atoms with Crippen LogP contribution in [0, 0.1) is 0 Å². The first-order valence-electron chi connectivity index (χ1n) is 10.9. The van der Waals surface area contributed by atoms with E-state index in [4.69, 9.17) is 4.74 Å². The number of anilines is 1. The monoisotopic (exact) mass is 481 g/mol. The zero-order valence-electron chi connectivity index (χ0n) is 18.4. The van der Waals surface area contributed by atoms with Gasteiger partial charge in [0.2, 0.25) is 0 Å². The Bertz CT molecular complexity index is 982. The van der Waals surface area contributed by atoms with E-state index in [9.17, 15) is 18.6 Å². The summed E-state index contributed by atoms with van der Waals surface area (Å²) in [5.74, 6) is 0.195. The Morgan fingerprint density at radius 1 is 1.19 bits per heavy atom. The second-order valence-electron chi connectivity index (χ2n) is 8.55. The van der Waals surface area contributed by atoms with Crippen LogP contribution in [0.25, 0.3) is 0 Å². The number of benzene rings is 1. The molecule has 1 aromatic carbocycles. The molecular weight excluding hydrogens is 450 g/mol. The van der Waals surface area contributed by atoms with Crippen molar-refractivity contribution in [2.24, 2.45) is 0 Å². The number of aliphatic hydroxyl groups excluding tert-OH is 1. The number of thiophene rings is 1. The molecule has 2 fully saturated rings. The molecule has 2 aromatic rings. The van der Waals surface area contributed by atoms with Crippen LogP contribution in [0.3, 0.4) is 0 Å². The number of hydrogen-bond donors (Lipinski definition) is 2. The third-order valence-electron chi connectivity index (χ3n) is 6.33. The number of hydrogen-bond acceptors (Lipinski definition) is 8. The minimum atomic E-state index is -3.56. The van der Waals surface area contributed by atoms with Crippen LogP contribution < -0.4 is 4.90 Å². The van der Waals surface area contributed by atoms with Gasteiger partial charge in [0.15, 0.2) is 0 Å². The fraction of sp³-hybridized carbons (Fsp3) is 0.545. The first kappa shape index (κ1) is 23.5. The molecule has 176 valence electrons. The molecule has 10 heteroatoms. The SMILES string of the molecule is C[C@@H](O)[C@@H]1COC[C@H](C)N1C[C@H]1CN(S(=O)(=O)c2cccs2)CCN1c1ccc(O)cc1. The number of piperazine rings is 1. The number of nitrogens with zero attached hydrogens (tertiary/aromatic N) is 3. The van der Waals surface area contributed by atoms with Crippen molar-refractivity contribution in [1.29, 1.82) is 0 Å². The van der Waals surface area contributed by atoms with Gasteiger partial charge < -0.3 is 19.8 Å². The maximum Gasteiger partial charge on any atom is 0.252 e. The lowest BCUT2D eigenvalue weighted by molar-refractivity contribution is -0.0840. The Balaban J connectivity index is 1.63. The quantitative estimate of drug-likeness (QED) is 0.650. The summed E-state index contributed by atoms with van der Waals surface area (Å²) < 4.78 is 34.0. The molecular formula is C22H31N3O5S2. The fourth-order valence-electron chi connectivity index (χ4n) is 4.58. The van der Waals surface area contributed by atoms with Crippen LogP contribution in [0.5, 0.6) is 5.75 Å². The molecule has 0 spiro atoms. The smallest absolute Gasteiger partial charge is 0.252 e. The Morgan fingerprint density at radius 3 is 2.59 bits per heavy atom. The van der Waals surface area contributed by atoms with E-state index in [1.165, 1.54) is 11.3 Å². The van der Waals surface area contributed by atoms with Crippen molar-refractivity contribution in [2.75, 3.05) is 44.3 Å². The summed E-state index contributed by atoms with van der Waals surface area (Å²) in [6.45, 7) is 6.73. The Kier molecular flexibility index (Phi) is 7.09. The Labute approximate surface area is 193 Å². The molecule has 0 radical (unpaired) electrons. The van der Waals surface area contributed by atoms with Gasteiger partial charge in [0.05, 0.1) is 31.4 Å². The molecule has 0 bridgehead atoms. The number of phenolic OH excluding ortho intramolecular Hbond substituents is 1. The van der Waals surface area contributed by atoms with E-state index in [0.29, 0.717) is 43.6 Å². The maximum absolute atomic E-state index is 13.2. The number of morpholine rings is 1. The summed E-state index contributed by atoms with van der Waals surface area (Å²) in [7, 11) is -3.56. The number of rotatable bonds is 6. The third kappa shape index (κ3) is 4.80. The standard InChI is InChI=1S/C22H31N3O5S2/c1-16-14-30-15-21(17(2)26)25(16)13-19-12-23(32(28,29)22-4-3-11-31-22)9-10-24(19)18-5-7-20(27)8-6-18/h3-8,11,16-17,19,21,26-27H,9-10,12-15H2,1-2H3/t16-,17+,19+,21-/m0/s1. The average Bonchev–Trinajstić information content (AvgIpc) is 3.31. The van der Waals surface area contributed by atoms with E-state index >= 15 is 0 Å². The molecule has 0 aliphatic carbocycles. The molecule has 0 amide bonds. The lowest BCUT2D eigenvalue weighted by atomic mass is 10.0. The molecule has 2 saturated heterocycles. The predicted octanol–water partition coefficient (Wildman–Crippen LogP) is 1.80. The van der Waals surface area contributed by atoms with Gasteiger partial charge in [0, 0.05) is 37.9 Å². The molecule has 8 nitrogen and oxygen atoms in total. The molecule has 2 aliphatic rings. The van der Waals surface area contributed by atoms with Gasteiger partial charge >= 0.3 is 0 Å². The topological polar surface area (TPSA) is 93.6 Å². The summed E-state index contributed by atoms with van der Waals surface area (Å²) in [5, 5.41) is 21.8. The van der Waals surface area contributed by atoms with E-state index < -0.39 is 16.1 Å². The van der Waals surface area contributed by atoms with Crippen molar-refractivity contribution >= 4 is 27.0 Å². The van der Waals surface area contributed by atoms with Gasteiger partial charge in [-0.15, -0.1) is 11.3 Å². The third-order valence-corrected chi connectivity index (χ3v) is 9.57. The molecule has 3 heterocycles. The van der Waals surface area contributed by atoms with E-state index in [-0.39, 0.29) is 23.9 Å². The predicted molar refractivity (Wildman–Crippen MR) is 125 cm³/mol. The summed E-state index contributed by atoms with van der Waals surface area (Å²) in [5.41, 5.74) is 0.940. The number of phenols is 1. The molecule has 0 unspecified atom stereocenters. The van der Waals surface area contributed by atoms with Crippen molar-refractivity contribution < 1.29 is 23.4 Å². The lowest BCUT2D eigenvalue weighted by Crippen LogP contribution is -2.63. The molecule has 2 aliphatic heterocycles. The normalized spacial score (nSPS) is 26.8. The van der Waals surface area contributed by atoms with Gasteiger partial charge in [-0.2, -0.15) is 4.31 Å². The Hall–Kier alpha value is -1.69. The first-order valence-corrected chi connectivity index (χ1v) is 13.2. The lowest BCUT2D eigenvalue weighted by Gasteiger charge is -2.48. The second kappa shape index (κ2) is 9.66. The van der Waals surface area contributed by atoms with Crippen LogP contribution in [0.15, 0.2) is 46.0 Å². The highest BCUT2D eigenvalue weighted by Gasteiger charge is 2.39. The molecule has 2 N–H and O–H groups in total. The minimum Gasteiger partial charge on any atom is -0.508 e. The summed E-state index contributed by atoms with van der Waals surface area (Å²) in [4.78, 5) is 4.45. The highest BCUT2D eigenvalue weighted by molar-refractivity contribution is 7.91. The van der Waals surface area contributed by atoms with Crippen LogP contribution >= 0.6 is 11.3 Å². The summed E-state index contributed by atoms with van der Waals surface area (Å²) in [6, 6.07) is 10.3. The zero-order valence-corrected chi connectivity index (χ0v) is 20.0. The van der Waals surface area contributed by atoms with Crippen LogP contribution in [0.1, 0.15) is 13.8 Å². The van der Waals surface area contributed by atoms with Gasteiger partial charge in [-0.3, -0.25) is 4.90 Å². The molecule has 0 saturated carbocycles. The molecule has 32 heavy (non-hydrogen) atoms. The van der Waals surface area contributed by atoms with Gasteiger partial charge in [0.25, 0.3) is 10.0 Å². The first-order chi connectivity index (χ1) is 15.3. The van der Waals surface area contributed by atoms with Crippen molar-refractivity contribution in [2.45, 2.75) is 42.3 Å². The largest absolute Gasteiger partial charge is 0.508 e. The molecule has 4 rings (SSSR count). The van der Waals surface area contributed by atoms with Gasteiger partial charge in [-0.1, -0.05) is 6.07 Å². The van der Waals surface area contributed by atoms with Gasteiger partial charge in [-0.25, -0.2) is 8.42 Å². The van der Waals surface area contributed by atoms with E-state index in [2.05, 4.69) is 16.7 Å². The zero-order chi connectivity index (χ0) is 22.9. The number of aliphatic hydroxyl groups is 1. The Morgan fingerprint density at radius 2 is 1.94 bits per heavy atom. The van der Waals surface area contributed by atoms with Crippen LogP contribution in [-0.2, 0) is 14.8 Å². The number of aromatic hydroxyl groups is 1. The van der Waals surface area contributed by atoms with E-state index in [1.807, 2.05) is 12.1 Å². The summed E-state index contributed by atoms with van der Waals surface area (Å²) in [6.07, 6.45) is -0.561. The van der Waals surface area contributed by atoms with Gasteiger partial charge in [-0.05, 0) is 49.6 Å². The van der Waals surface area contributed by atoms with Crippen LogP contribution in [0.2, 0.25) is 0 Å². The number of ether oxygens (including phenoxy) is 1. The van der Waals surface area contributed by atoms with Crippen molar-refractivity contribution in [3.63, 3.8) is 0 Å². The van der Waals surface area contributed by atoms with Gasteiger partial charge in [0.1, 0.15) is 9.96 Å². The number of sulfonamides is 1. The molecule has 1 aromatic heterocycles. The molecule has 4 atom stereocenters. The highest BCUT2D eigenvalue weighted by atomic mass is 32.2. The minimum absolute atomic E-state index is 0.106. The average molecular weight is 482 g/mol. The van der Waals surface area contributed by atoms with Crippen molar-refractivity contribution in [3.05, 3.63) is 41.8 Å². The van der Waals surface area contributed by atoms with E-state index in [1.54, 1.807) is 40.9 Å². The maximum atomic E-state index is 13.2. The second-order valence-corrected chi connectivity index (χ2v) is 11.7. The summed E-state index contributed by atoms with van der Waals surface area (Å²) >= 11 is 1.23. The van der Waals surface area contributed by atoms with E-state index in [0.717, 1.165) is 5.69 Å². The van der Waals surface area contributed by atoms with Crippen LogP contribution in [-0.4, -0.2) is 91.5 Å². The highest BCUT2D eigenvalue weighted by Crippen LogP contribution is 2.29. The van der Waals surface area contributed by atoms with Crippen LogP contribution in [0.4, 0.5) is 5.69 Å².